The standard InChI is InChI=1S/C11H11BrN2O/c1-8(15)10-6-9(12)2-3-11(10)14-5-4-13-7-14/h2-8,15H,1H3. The van der Waals surface area contributed by atoms with Crippen LogP contribution in [0.1, 0.15) is 18.6 Å². The molecular formula is C11H11BrN2O. The second-order valence-electron chi connectivity index (χ2n) is 3.35. The molecule has 1 aromatic carbocycles. The summed E-state index contributed by atoms with van der Waals surface area (Å²) in [6.07, 6.45) is 4.79. The first-order chi connectivity index (χ1) is 7.18. The molecule has 1 heterocycles. The summed E-state index contributed by atoms with van der Waals surface area (Å²) in [6.45, 7) is 1.75. The summed E-state index contributed by atoms with van der Waals surface area (Å²) in [7, 11) is 0. The average molecular weight is 267 g/mol. The first-order valence-corrected chi connectivity index (χ1v) is 5.43. The molecule has 0 saturated heterocycles. The highest BCUT2D eigenvalue weighted by Gasteiger charge is 2.09. The molecule has 1 N–H and O–H groups in total. The third kappa shape index (κ3) is 2.11. The second-order valence-corrected chi connectivity index (χ2v) is 4.26. The van der Waals surface area contributed by atoms with Crippen molar-refractivity contribution in [3.63, 3.8) is 0 Å². The summed E-state index contributed by atoms with van der Waals surface area (Å²) in [5.74, 6) is 0. The van der Waals surface area contributed by atoms with Gasteiger partial charge in [0.25, 0.3) is 0 Å². The quantitative estimate of drug-likeness (QED) is 0.908. The maximum Gasteiger partial charge on any atom is 0.0991 e. The molecule has 0 aliphatic carbocycles. The number of aromatic nitrogens is 2. The van der Waals surface area contributed by atoms with Crippen molar-refractivity contribution in [2.75, 3.05) is 0 Å². The SMILES string of the molecule is CC(O)c1cc(Br)ccc1-n1ccnc1. The number of hydrogen-bond acceptors (Lipinski definition) is 2. The van der Waals surface area contributed by atoms with Gasteiger partial charge >= 0.3 is 0 Å². The number of imidazole rings is 1. The molecule has 0 radical (unpaired) electrons. The Balaban J connectivity index is 2.56. The van der Waals surface area contributed by atoms with Gasteiger partial charge in [-0.1, -0.05) is 15.9 Å². The van der Waals surface area contributed by atoms with Gasteiger partial charge in [-0.25, -0.2) is 4.98 Å². The van der Waals surface area contributed by atoms with Crippen LogP contribution in [0.2, 0.25) is 0 Å². The number of hydrogen-bond donors (Lipinski definition) is 1. The normalized spacial score (nSPS) is 12.7. The molecule has 1 aromatic heterocycles. The summed E-state index contributed by atoms with van der Waals surface area (Å²) in [5.41, 5.74) is 1.83. The van der Waals surface area contributed by atoms with Crippen LogP contribution < -0.4 is 0 Å². The lowest BCUT2D eigenvalue weighted by Gasteiger charge is -2.12. The Labute approximate surface area is 96.5 Å². The fourth-order valence-electron chi connectivity index (χ4n) is 1.50. The number of benzene rings is 1. The smallest absolute Gasteiger partial charge is 0.0991 e. The van der Waals surface area contributed by atoms with Gasteiger partial charge in [-0.3, -0.25) is 0 Å². The molecular weight excluding hydrogens is 256 g/mol. The molecule has 2 aromatic rings. The van der Waals surface area contributed by atoms with Gasteiger partial charge in [0, 0.05) is 22.4 Å². The molecule has 0 bridgehead atoms. The van der Waals surface area contributed by atoms with E-state index in [9.17, 15) is 5.11 Å². The van der Waals surface area contributed by atoms with Crippen molar-refractivity contribution in [3.8, 4) is 5.69 Å². The first kappa shape index (κ1) is 10.4. The largest absolute Gasteiger partial charge is 0.389 e. The minimum absolute atomic E-state index is 0.500. The zero-order valence-corrected chi connectivity index (χ0v) is 9.85. The van der Waals surface area contributed by atoms with Crippen molar-refractivity contribution in [1.82, 2.24) is 9.55 Å². The molecule has 15 heavy (non-hydrogen) atoms. The van der Waals surface area contributed by atoms with E-state index in [1.807, 2.05) is 29.0 Å². The van der Waals surface area contributed by atoms with Crippen LogP contribution in [0.15, 0.2) is 41.4 Å². The molecule has 0 fully saturated rings. The van der Waals surface area contributed by atoms with Gasteiger partial charge < -0.3 is 9.67 Å². The molecule has 0 aliphatic rings. The van der Waals surface area contributed by atoms with Crippen LogP contribution in [-0.4, -0.2) is 14.7 Å². The zero-order valence-electron chi connectivity index (χ0n) is 8.26. The number of aliphatic hydroxyl groups excluding tert-OH is 1. The third-order valence-electron chi connectivity index (χ3n) is 2.22. The monoisotopic (exact) mass is 266 g/mol. The van der Waals surface area contributed by atoms with E-state index in [4.69, 9.17) is 0 Å². The third-order valence-corrected chi connectivity index (χ3v) is 2.72. The van der Waals surface area contributed by atoms with Gasteiger partial charge in [-0.2, -0.15) is 0 Å². The van der Waals surface area contributed by atoms with Crippen molar-refractivity contribution in [2.45, 2.75) is 13.0 Å². The summed E-state index contributed by atoms with van der Waals surface area (Å²) in [6, 6.07) is 5.81. The van der Waals surface area contributed by atoms with Crippen molar-refractivity contribution in [2.24, 2.45) is 0 Å². The van der Waals surface area contributed by atoms with E-state index < -0.39 is 6.10 Å². The van der Waals surface area contributed by atoms with Gasteiger partial charge in [0.1, 0.15) is 0 Å². The molecule has 0 spiro atoms. The van der Waals surface area contributed by atoms with Crippen molar-refractivity contribution < 1.29 is 5.11 Å². The van der Waals surface area contributed by atoms with Gasteiger partial charge in [0.2, 0.25) is 0 Å². The Morgan fingerprint density at radius 1 is 1.47 bits per heavy atom. The van der Waals surface area contributed by atoms with Gasteiger partial charge in [0.05, 0.1) is 18.1 Å². The molecule has 78 valence electrons. The van der Waals surface area contributed by atoms with Crippen LogP contribution in [0.3, 0.4) is 0 Å². The van der Waals surface area contributed by atoms with E-state index in [1.165, 1.54) is 0 Å². The Hall–Kier alpha value is -1.13. The Kier molecular flexibility index (Phi) is 2.88. The molecule has 3 nitrogen and oxygen atoms in total. The van der Waals surface area contributed by atoms with Crippen LogP contribution in [0, 0.1) is 0 Å². The predicted octanol–water partition coefficient (Wildman–Crippen LogP) is 2.69. The lowest BCUT2D eigenvalue weighted by atomic mass is 10.1. The van der Waals surface area contributed by atoms with Crippen molar-refractivity contribution >= 4 is 15.9 Å². The zero-order chi connectivity index (χ0) is 10.8. The average Bonchev–Trinajstić information content (AvgIpc) is 2.70. The Bertz CT molecular complexity index is 452. The number of rotatable bonds is 2. The lowest BCUT2D eigenvalue weighted by Crippen LogP contribution is -2.00. The summed E-state index contributed by atoms with van der Waals surface area (Å²) in [4.78, 5) is 3.99. The fourth-order valence-corrected chi connectivity index (χ4v) is 1.88. The lowest BCUT2D eigenvalue weighted by molar-refractivity contribution is 0.199. The van der Waals surface area contributed by atoms with Crippen molar-refractivity contribution in [1.29, 1.82) is 0 Å². The highest BCUT2D eigenvalue weighted by Crippen LogP contribution is 2.25. The number of nitrogens with zero attached hydrogens (tertiary/aromatic N) is 2. The Morgan fingerprint density at radius 3 is 2.87 bits per heavy atom. The number of halogens is 1. The van der Waals surface area contributed by atoms with E-state index in [0.717, 1.165) is 15.7 Å². The molecule has 0 aliphatic heterocycles. The number of aliphatic hydroxyl groups is 1. The van der Waals surface area contributed by atoms with Crippen LogP contribution >= 0.6 is 15.9 Å². The Morgan fingerprint density at radius 2 is 2.27 bits per heavy atom. The molecule has 1 unspecified atom stereocenters. The highest BCUT2D eigenvalue weighted by atomic mass is 79.9. The van der Waals surface area contributed by atoms with E-state index in [-0.39, 0.29) is 0 Å². The summed E-state index contributed by atoms with van der Waals surface area (Å²) in [5, 5.41) is 9.67. The molecule has 2 rings (SSSR count). The van der Waals surface area contributed by atoms with E-state index in [0.29, 0.717) is 0 Å². The maximum atomic E-state index is 9.67. The van der Waals surface area contributed by atoms with E-state index in [2.05, 4.69) is 20.9 Å². The highest BCUT2D eigenvalue weighted by molar-refractivity contribution is 9.10. The van der Waals surface area contributed by atoms with Crippen LogP contribution in [0.4, 0.5) is 0 Å². The van der Waals surface area contributed by atoms with Gasteiger partial charge in [0.15, 0.2) is 0 Å². The van der Waals surface area contributed by atoms with Gasteiger partial charge in [-0.05, 0) is 25.1 Å². The predicted molar refractivity (Wildman–Crippen MR) is 61.9 cm³/mol. The van der Waals surface area contributed by atoms with Crippen LogP contribution in [0.5, 0.6) is 0 Å². The molecule has 4 heteroatoms. The molecule has 1 atom stereocenters. The van der Waals surface area contributed by atoms with E-state index in [1.54, 1.807) is 19.4 Å². The maximum absolute atomic E-state index is 9.67. The van der Waals surface area contributed by atoms with Crippen molar-refractivity contribution in [3.05, 3.63) is 47.0 Å². The minimum atomic E-state index is -0.500. The van der Waals surface area contributed by atoms with Crippen LogP contribution in [-0.2, 0) is 0 Å². The van der Waals surface area contributed by atoms with Gasteiger partial charge in [-0.15, -0.1) is 0 Å². The van der Waals surface area contributed by atoms with E-state index >= 15 is 0 Å². The van der Waals surface area contributed by atoms with Crippen LogP contribution in [0.25, 0.3) is 5.69 Å². The molecule has 0 saturated carbocycles. The minimum Gasteiger partial charge on any atom is -0.389 e. The first-order valence-electron chi connectivity index (χ1n) is 4.64. The second kappa shape index (κ2) is 4.16. The summed E-state index contributed by atoms with van der Waals surface area (Å²) < 4.78 is 2.84. The fraction of sp³-hybridized carbons (Fsp3) is 0.182. The summed E-state index contributed by atoms with van der Waals surface area (Å²) >= 11 is 3.39. The topological polar surface area (TPSA) is 38.0 Å². The molecule has 0 amide bonds.